The largest absolute Gasteiger partial charge is 0.489 e. The van der Waals surface area contributed by atoms with Crippen LogP contribution in [0.15, 0.2) is 35.9 Å². The fourth-order valence-electron chi connectivity index (χ4n) is 2.87. The number of allylic oxidation sites excluding steroid dienone is 1. The molecule has 0 radical (unpaired) electrons. The predicted octanol–water partition coefficient (Wildman–Crippen LogP) is 4.98. The molecule has 1 aliphatic rings. The van der Waals surface area contributed by atoms with Crippen molar-refractivity contribution in [3.8, 4) is 5.75 Å². The van der Waals surface area contributed by atoms with Crippen LogP contribution in [0, 0.1) is 0 Å². The summed E-state index contributed by atoms with van der Waals surface area (Å²) in [6.45, 7) is 5.36. The molecule has 0 fully saturated rings. The van der Waals surface area contributed by atoms with Gasteiger partial charge in [-0.25, -0.2) is 0 Å². The number of ether oxygens (including phenoxy) is 1. The van der Waals surface area contributed by atoms with Crippen LogP contribution in [0.2, 0.25) is 5.02 Å². The Kier molecular flexibility index (Phi) is 6.59. The van der Waals surface area contributed by atoms with Gasteiger partial charge >= 0.3 is 0 Å². The Labute approximate surface area is 133 Å². The van der Waals surface area contributed by atoms with Crippen LogP contribution in [-0.2, 0) is 0 Å². The van der Waals surface area contributed by atoms with Crippen molar-refractivity contribution in [2.24, 2.45) is 0 Å². The van der Waals surface area contributed by atoms with E-state index < -0.39 is 0 Å². The molecule has 1 aromatic rings. The second-order valence-electron chi connectivity index (χ2n) is 5.74. The smallest absolute Gasteiger partial charge is 0.121 e. The SMILES string of the molecule is CCCNC(C1=CCCCC1)C(C)Oc1cccc(Cl)c1. The lowest BCUT2D eigenvalue weighted by atomic mass is 9.91. The Morgan fingerprint density at radius 3 is 2.86 bits per heavy atom. The van der Waals surface area contributed by atoms with E-state index >= 15 is 0 Å². The van der Waals surface area contributed by atoms with E-state index in [4.69, 9.17) is 16.3 Å². The van der Waals surface area contributed by atoms with Gasteiger partial charge < -0.3 is 10.1 Å². The lowest BCUT2D eigenvalue weighted by Gasteiger charge is -2.30. The van der Waals surface area contributed by atoms with Crippen LogP contribution in [0.25, 0.3) is 0 Å². The molecule has 116 valence electrons. The maximum absolute atomic E-state index is 6.12. The van der Waals surface area contributed by atoms with Gasteiger partial charge in [0.05, 0.1) is 6.04 Å². The molecular weight excluding hydrogens is 282 g/mol. The van der Waals surface area contributed by atoms with Gasteiger partial charge in [-0.1, -0.05) is 36.2 Å². The third-order valence-corrected chi connectivity index (χ3v) is 4.16. The fourth-order valence-corrected chi connectivity index (χ4v) is 3.05. The van der Waals surface area contributed by atoms with Crippen molar-refractivity contribution in [3.63, 3.8) is 0 Å². The molecule has 0 bridgehead atoms. The highest BCUT2D eigenvalue weighted by Crippen LogP contribution is 2.25. The topological polar surface area (TPSA) is 21.3 Å². The first-order valence-electron chi connectivity index (χ1n) is 8.05. The summed E-state index contributed by atoms with van der Waals surface area (Å²) in [5.41, 5.74) is 1.50. The molecule has 0 amide bonds. The van der Waals surface area contributed by atoms with E-state index in [1.807, 2.05) is 24.3 Å². The van der Waals surface area contributed by atoms with Crippen molar-refractivity contribution in [3.05, 3.63) is 40.9 Å². The minimum absolute atomic E-state index is 0.0966. The van der Waals surface area contributed by atoms with E-state index in [1.165, 1.54) is 31.3 Å². The quantitative estimate of drug-likeness (QED) is 0.718. The average Bonchev–Trinajstić information content (AvgIpc) is 2.49. The third kappa shape index (κ3) is 5.05. The van der Waals surface area contributed by atoms with E-state index in [9.17, 15) is 0 Å². The van der Waals surface area contributed by atoms with Crippen LogP contribution in [0.5, 0.6) is 5.75 Å². The van der Waals surface area contributed by atoms with Crippen molar-refractivity contribution in [2.45, 2.75) is 58.1 Å². The summed E-state index contributed by atoms with van der Waals surface area (Å²) in [4.78, 5) is 0. The Morgan fingerprint density at radius 1 is 1.33 bits per heavy atom. The minimum atomic E-state index is 0.0966. The van der Waals surface area contributed by atoms with Crippen molar-refractivity contribution >= 4 is 11.6 Å². The van der Waals surface area contributed by atoms with Gasteiger partial charge in [0, 0.05) is 5.02 Å². The van der Waals surface area contributed by atoms with Gasteiger partial charge in [0.15, 0.2) is 0 Å². The minimum Gasteiger partial charge on any atom is -0.489 e. The van der Waals surface area contributed by atoms with E-state index in [2.05, 4.69) is 25.2 Å². The molecule has 0 saturated carbocycles. The first kappa shape index (κ1) is 16.4. The number of nitrogens with one attached hydrogen (secondary N) is 1. The first-order chi connectivity index (χ1) is 10.2. The molecule has 0 heterocycles. The lowest BCUT2D eigenvalue weighted by Crippen LogP contribution is -2.43. The standard InChI is InChI=1S/C18H26ClNO/c1-3-12-20-18(15-8-5-4-6-9-15)14(2)21-17-11-7-10-16(19)13-17/h7-8,10-11,13-14,18,20H,3-6,9,12H2,1-2H3. The number of halogens is 1. The van der Waals surface area contributed by atoms with Crippen LogP contribution >= 0.6 is 11.6 Å². The average molecular weight is 308 g/mol. The molecule has 1 aromatic carbocycles. The molecule has 0 saturated heterocycles. The highest BCUT2D eigenvalue weighted by molar-refractivity contribution is 6.30. The fraction of sp³-hybridized carbons (Fsp3) is 0.556. The third-order valence-electron chi connectivity index (χ3n) is 3.93. The molecule has 0 spiro atoms. The van der Waals surface area contributed by atoms with Gasteiger partial charge in [0.1, 0.15) is 11.9 Å². The van der Waals surface area contributed by atoms with E-state index in [0.29, 0.717) is 6.04 Å². The van der Waals surface area contributed by atoms with Crippen molar-refractivity contribution in [2.75, 3.05) is 6.54 Å². The van der Waals surface area contributed by atoms with Crippen LogP contribution in [0.3, 0.4) is 0 Å². The molecule has 2 atom stereocenters. The zero-order chi connectivity index (χ0) is 15.1. The molecule has 2 nitrogen and oxygen atoms in total. The molecule has 0 aliphatic heterocycles. The van der Waals surface area contributed by atoms with Crippen LogP contribution in [0.4, 0.5) is 0 Å². The Morgan fingerprint density at radius 2 is 2.19 bits per heavy atom. The monoisotopic (exact) mass is 307 g/mol. The lowest BCUT2D eigenvalue weighted by molar-refractivity contribution is 0.182. The van der Waals surface area contributed by atoms with Crippen molar-refractivity contribution in [1.82, 2.24) is 5.32 Å². The van der Waals surface area contributed by atoms with Gasteiger partial charge in [-0.15, -0.1) is 0 Å². The summed E-state index contributed by atoms with van der Waals surface area (Å²) in [7, 11) is 0. The zero-order valence-corrected chi connectivity index (χ0v) is 13.8. The summed E-state index contributed by atoms with van der Waals surface area (Å²) in [6, 6.07) is 7.94. The van der Waals surface area contributed by atoms with Gasteiger partial charge in [-0.2, -0.15) is 0 Å². The number of benzene rings is 1. The van der Waals surface area contributed by atoms with Gasteiger partial charge in [-0.05, 0) is 63.8 Å². The molecule has 1 aliphatic carbocycles. The maximum atomic E-state index is 6.12. The Bertz CT molecular complexity index is 472. The maximum Gasteiger partial charge on any atom is 0.121 e. The summed E-state index contributed by atoms with van der Waals surface area (Å²) in [5.74, 6) is 0.842. The number of hydrogen-bond donors (Lipinski definition) is 1. The Hall–Kier alpha value is -0.990. The summed E-state index contributed by atoms with van der Waals surface area (Å²) in [6.07, 6.45) is 8.61. The van der Waals surface area contributed by atoms with E-state index in [1.54, 1.807) is 0 Å². The first-order valence-corrected chi connectivity index (χ1v) is 8.43. The zero-order valence-electron chi connectivity index (χ0n) is 13.1. The van der Waals surface area contributed by atoms with Gasteiger partial charge in [0.2, 0.25) is 0 Å². The van der Waals surface area contributed by atoms with Crippen LogP contribution < -0.4 is 10.1 Å². The van der Waals surface area contributed by atoms with Crippen LogP contribution in [-0.4, -0.2) is 18.7 Å². The van der Waals surface area contributed by atoms with Gasteiger partial charge in [0.25, 0.3) is 0 Å². The summed E-state index contributed by atoms with van der Waals surface area (Å²) >= 11 is 6.03. The molecule has 3 heteroatoms. The second kappa shape index (κ2) is 8.45. The molecule has 21 heavy (non-hydrogen) atoms. The summed E-state index contributed by atoms with van der Waals surface area (Å²) < 4.78 is 6.12. The van der Waals surface area contributed by atoms with E-state index in [0.717, 1.165) is 23.7 Å². The molecule has 2 unspecified atom stereocenters. The summed E-state index contributed by atoms with van der Waals surface area (Å²) in [5, 5.41) is 4.36. The Balaban J connectivity index is 2.06. The normalized spacial score (nSPS) is 18.0. The van der Waals surface area contributed by atoms with Crippen molar-refractivity contribution in [1.29, 1.82) is 0 Å². The molecule has 1 N–H and O–H groups in total. The second-order valence-corrected chi connectivity index (χ2v) is 6.17. The highest BCUT2D eigenvalue weighted by Gasteiger charge is 2.23. The molecule has 0 aromatic heterocycles. The molecular formula is C18H26ClNO. The number of hydrogen-bond acceptors (Lipinski definition) is 2. The predicted molar refractivity (Wildman–Crippen MR) is 90.2 cm³/mol. The van der Waals surface area contributed by atoms with E-state index in [-0.39, 0.29) is 6.10 Å². The van der Waals surface area contributed by atoms with Crippen LogP contribution in [0.1, 0.15) is 46.0 Å². The van der Waals surface area contributed by atoms with Crippen molar-refractivity contribution < 1.29 is 4.74 Å². The number of rotatable bonds is 7. The molecule has 2 rings (SSSR count). The highest BCUT2D eigenvalue weighted by atomic mass is 35.5. The van der Waals surface area contributed by atoms with Gasteiger partial charge in [-0.3, -0.25) is 0 Å².